The van der Waals surface area contributed by atoms with Crippen LogP contribution in [0.15, 0.2) is 49.1 Å². The van der Waals surface area contributed by atoms with Crippen LogP contribution in [0.4, 0.5) is 11.5 Å². The van der Waals surface area contributed by atoms with Crippen molar-refractivity contribution in [3.8, 4) is 11.8 Å². The first kappa shape index (κ1) is 28.2. The van der Waals surface area contributed by atoms with E-state index in [2.05, 4.69) is 27.3 Å². The van der Waals surface area contributed by atoms with Gasteiger partial charge in [0.1, 0.15) is 24.3 Å². The first-order valence-corrected chi connectivity index (χ1v) is 14.6. The van der Waals surface area contributed by atoms with Crippen LogP contribution in [0.25, 0.3) is 10.8 Å². The summed E-state index contributed by atoms with van der Waals surface area (Å²) >= 11 is 0. The molecule has 6 rings (SSSR count). The molecule has 0 spiro atoms. The van der Waals surface area contributed by atoms with E-state index in [0.29, 0.717) is 52.5 Å². The predicted octanol–water partition coefficient (Wildman–Crippen LogP) is 1.80. The third kappa shape index (κ3) is 6.13. The fraction of sp³-hybridized carbons (Fsp3) is 0.452. The summed E-state index contributed by atoms with van der Waals surface area (Å²) < 4.78 is 11.4. The zero-order valence-electron chi connectivity index (χ0n) is 23.8. The number of aliphatic hydroxyl groups excluding tert-OH is 1. The van der Waals surface area contributed by atoms with Gasteiger partial charge < -0.3 is 34.4 Å². The number of aromatic nitrogens is 2. The highest BCUT2D eigenvalue weighted by atomic mass is 16.5. The van der Waals surface area contributed by atoms with Gasteiger partial charge in [-0.2, -0.15) is 9.97 Å². The van der Waals surface area contributed by atoms with E-state index < -0.39 is 6.10 Å². The van der Waals surface area contributed by atoms with Crippen LogP contribution in [-0.2, 0) is 22.5 Å². The standard InChI is InChI=1S/C31H38N6O5/c1-2-29(40)35-9-11-36(12-10-35)30-26-7-8-37(28-18-23(38)17-22-5-3-4-6-25(22)28)20-27(26)32-31(33-30)42-21-24(39)19-34-13-15-41-16-14-34/h2-6,17-18,24,38-39H,1,7-16,19-21H2/t24-/m1/s1. The molecule has 11 heteroatoms. The molecular formula is C31H38N6O5. The number of rotatable bonds is 8. The van der Waals surface area contributed by atoms with E-state index in [1.165, 1.54) is 6.08 Å². The van der Waals surface area contributed by atoms with Crippen LogP contribution in [0.1, 0.15) is 11.3 Å². The number of carbonyl (C=O) groups excluding carboxylic acids is 1. The number of phenols is 1. The molecule has 0 aliphatic carbocycles. The van der Waals surface area contributed by atoms with Crippen LogP contribution in [0, 0.1) is 0 Å². The molecule has 0 unspecified atom stereocenters. The number of nitrogens with zero attached hydrogens (tertiary/aromatic N) is 6. The number of hydrogen-bond donors (Lipinski definition) is 2. The molecule has 42 heavy (non-hydrogen) atoms. The number of piperazine rings is 1. The summed E-state index contributed by atoms with van der Waals surface area (Å²) in [6, 6.07) is 11.9. The number of benzene rings is 2. The molecule has 3 aliphatic rings. The Balaban J connectivity index is 1.26. The fourth-order valence-electron chi connectivity index (χ4n) is 6.03. The highest BCUT2D eigenvalue weighted by molar-refractivity contribution is 5.95. The maximum Gasteiger partial charge on any atom is 0.318 e. The average Bonchev–Trinajstić information content (AvgIpc) is 3.03. The van der Waals surface area contributed by atoms with Gasteiger partial charge in [-0.25, -0.2) is 0 Å². The molecule has 2 saturated heterocycles. The van der Waals surface area contributed by atoms with Gasteiger partial charge in [-0.1, -0.05) is 30.8 Å². The summed E-state index contributed by atoms with van der Waals surface area (Å²) in [7, 11) is 0. The van der Waals surface area contributed by atoms with E-state index in [4.69, 9.17) is 19.4 Å². The van der Waals surface area contributed by atoms with Crippen LogP contribution in [-0.4, -0.2) is 114 Å². The quantitative estimate of drug-likeness (QED) is 0.386. The van der Waals surface area contributed by atoms with Crippen molar-refractivity contribution in [3.05, 3.63) is 60.3 Å². The Morgan fingerprint density at radius 1 is 1.05 bits per heavy atom. The number of aliphatic hydroxyl groups is 1. The molecule has 4 heterocycles. The maximum atomic E-state index is 12.2. The number of fused-ring (bicyclic) bond motifs is 2. The number of carbonyl (C=O) groups is 1. The smallest absolute Gasteiger partial charge is 0.318 e. The lowest BCUT2D eigenvalue weighted by molar-refractivity contribution is -0.126. The Labute approximate surface area is 245 Å². The summed E-state index contributed by atoms with van der Waals surface area (Å²) in [5.74, 6) is 0.985. The Morgan fingerprint density at radius 2 is 1.83 bits per heavy atom. The molecule has 3 aromatic rings. The van der Waals surface area contributed by atoms with Gasteiger partial charge >= 0.3 is 6.01 Å². The molecule has 0 saturated carbocycles. The highest BCUT2D eigenvalue weighted by Gasteiger charge is 2.29. The molecule has 2 fully saturated rings. The van der Waals surface area contributed by atoms with Crippen molar-refractivity contribution in [2.45, 2.75) is 19.1 Å². The fourth-order valence-corrected chi connectivity index (χ4v) is 6.03. The van der Waals surface area contributed by atoms with Gasteiger partial charge in [-0.3, -0.25) is 9.69 Å². The number of morpholine rings is 1. The summed E-state index contributed by atoms with van der Waals surface area (Å²) in [6.45, 7) is 10.8. The highest BCUT2D eigenvalue weighted by Crippen LogP contribution is 2.36. The lowest BCUT2D eigenvalue weighted by Crippen LogP contribution is -2.49. The van der Waals surface area contributed by atoms with Crippen molar-refractivity contribution in [1.82, 2.24) is 19.8 Å². The SMILES string of the molecule is C=CC(=O)N1CCN(c2nc(OC[C@H](O)CN3CCOCC3)nc3c2CCN(c2cc(O)cc4ccccc24)C3)CC1. The molecule has 11 nitrogen and oxygen atoms in total. The summed E-state index contributed by atoms with van der Waals surface area (Å²) in [5, 5.41) is 23.2. The van der Waals surface area contributed by atoms with Crippen molar-refractivity contribution in [1.29, 1.82) is 0 Å². The third-order valence-electron chi connectivity index (χ3n) is 8.23. The first-order valence-electron chi connectivity index (χ1n) is 14.6. The second-order valence-corrected chi connectivity index (χ2v) is 11.0. The molecular weight excluding hydrogens is 536 g/mol. The number of aromatic hydroxyl groups is 1. The summed E-state index contributed by atoms with van der Waals surface area (Å²) in [5.41, 5.74) is 2.89. The minimum atomic E-state index is -0.685. The number of ether oxygens (including phenoxy) is 2. The second-order valence-electron chi connectivity index (χ2n) is 11.0. The zero-order chi connectivity index (χ0) is 29.1. The van der Waals surface area contributed by atoms with Crippen LogP contribution < -0.4 is 14.5 Å². The minimum Gasteiger partial charge on any atom is -0.508 e. The second kappa shape index (κ2) is 12.5. The molecule has 0 bridgehead atoms. The Hall–Kier alpha value is -3.93. The van der Waals surface area contributed by atoms with E-state index in [9.17, 15) is 15.0 Å². The molecule has 222 valence electrons. The van der Waals surface area contributed by atoms with Crippen molar-refractivity contribution in [3.63, 3.8) is 0 Å². The van der Waals surface area contributed by atoms with Gasteiger partial charge in [0.2, 0.25) is 5.91 Å². The maximum absolute atomic E-state index is 12.2. The van der Waals surface area contributed by atoms with Crippen LogP contribution in [0.3, 0.4) is 0 Å². The Morgan fingerprint density at radius 3 is 2.62 bits per heavy atom. The normalized spacial score (nSPS) is 18.5. The third-order valence-corrected chi connectivity index (χ3v) is 8.23. The minimum absolute atomic E-state index is 0.0633. The molecule has 1 aromatic heterocycles. The summed E-state index contributed by atoms with van der Waals surface area (Å²) in [6.07, 6.45) is 1.39. The van der Waals surface area contributed by atoms with E-state index in [-0.39, 0.29) is 24.3 Å². The van der Waals surface area contributed by atoms with Gasteiger partial charge in [-0.15, -0.1) is 0 Å². The first-order chi connectivity index (χ1) is 20.5. The van der Waals surface area contributed by atoms with E-state index in [1.54, 1.807) is 11.0 Å². The number of anilines is 2. The molecule has 2 N–H and O–H groups in total. The van der Waals surface area contributed by atoms with E-state index in [1.807, 2.05) is 24.3 Å². The van der Waals surface area contributed by atoms with E-state index >= 15 is 0 Å². The van der Waals surface area contributed by atoms with Gasteiger partial charge in [0.15, 0.2) is 0 Å². The number of amides is 1. The molecule has 2 aromatic carbocycles. The van der Waals surface area contributed by atoms with Gasteiger partial charge in [0, 0.05) is 75.1 Å². The van der Waals surface area contributed by atoms with Gasteiger partial charge in [0.25, 0.3) is 0 Å². The van der Waals surface area contributed by atoms with Crippen molar-refractivity contribution >= 4 is 28.2 Å². The lowest BCUT2D eigenvalue weighted by atomic mass is 10.0. The van der Waals surface area contributed by atoms with Crippen molar-refractivity contribution in [2.24, 2.45) is 0 Å². The molecule has 0 radical (unpaired) electrons. The Bertz CT molecular complexity index is 1440. The van der Waals surface area contributed by atoms with Crippen molar-refractivity contribution in [2.75, 3.05) is 82.0 Å². The number of β-amino-alcohol motifs (C(OH)–C–C–N with tert-alkyl or cyclic N) is 1. The number of hydrogen-bond acceptors (Lipinski definition) is 10. The summed E-state index contributed by atoms with van der Waals surface area (Å²) in [4.78, 5) is 30.2. The molecule has 1 amide bonds. The monoisotopic (exact) mass is 574 g/mol. The van der Waals surface area contributed by atoms with Crippen LogP contribution >= 0.6 is 0 Å². The molecule has 1 atom stereocenters. The lowest BCUT2D eigenvalue weighted by Gasteiger charge is -2.38. The van der Waals surface area contributed by atoms with E-state index in [0.717, 1.165) is 59.6 Å². The van der Waals surface area contributed by atoms with Crippen LogP contribution in [0.2, 0.25) is 0 Å². The van der Waals surface area contributed by atoms with Gasteiger partial charge in [-0.05, 0) is 23.9 Å². The van der Waals surface area contributed by atoms with Crippen LogP contribution in [0.5, 0.6) is 11.8 Å². The van der Waals surface area contributed by atoms with Crippen molar-refractivity contribution < 1.29 is 24.5 Å². The zero-order valence-corrected chi connectivity index (χ0v) is 23.8. The largest absolute Gasteiger partial charge is 0.508 e. The average molecular weight is 575 g/mol. The number of phenolic OH excluding ortho intramolecular Hbond substituents is 1. The predicted molar refractivity (Wildman–Crippen MR) is 160 cm³/mol. The Kier molecular flexibility index (Phi) is 8.41. The molecule has 3 aliphatic heterocycles. The topological polar surface area (TPSA) is 115 Å². The van der Waals surface area contributed by atoms with Gasteiger partial charge in [0.05, 0.1) is 25.5 Å².